The topological polar surface area (TPSA) is 127 Å². The Balaban J connectivity index is 1.34. The Kier molecular flexibility index (Phi) is 6.39. The third-order valence-electron chi connectivity index (χ3n) is 4.02. The molecule has 1 amide bonds. The van der Waals surface area contributed by atoms with Crippen molar-refractivity contribution >= 4 is 55.8 Å². The van der Waals surface area contributed by atoms with E-state index in [1.165, 1.54) is 35.2 Å². The molecule has 2 heterocycles. The number of non-ortho nitro benzene ring substituents is 1. The molecule has 12 heteroatoms. The molecule has 0 fully saturated rings. The number of anilines is 1. The zero-order valence-corrected chi connectivity index (χ0v) is 18.8. The van der Waals surface area contributed by atoms with E-state index in [4.69, 9.17) is 0 Å². The number of hydrogen-bond acceptors (Lipinski definition) is 8. The van der Waals surface area contributed by atoms with Gasteiger partial charge >= 0.3 is 0 Å². The number of thioether (sulfide) groups is 1. The van der Waals surface area contributed by atoms with Crippen LogP contribution in [0.5, 0.6) is 0 Å². The number of rotatable bonds is 7. The highest BCUT2D eigenvalue weighted by Crippen LogP contribution is 2.28. The number of nitro benzene ring substituents is 1. The van der Waals surface area contributed by atoms with E-state index in [0.29, 0.717) is 27.4 Å². The highest BCUT2D eigenvalue weighted by molar-refractivity contribution is 9.10. The van der Waals surface area contributed by atoms with Crippen LogP contribution in [0.15, 0.2) is 63.5 Å². The number of amides is 1. The van der Waals surface area contributed by atoms with Gasteiger partial charge in [0.2, 0.25) is 11.1 Å². The average Bonchev–Trinajstić information content (AvgIpc) is 3.43. The van der Waals surface area contributed by atoms with Gasteiger partial charge in [-0.3, -0.25) is 20.0 Å². The van der Waals surface area contributed by atoms with E-state index in [2.05, 4.69) is 41.4 Å². The second kappa shape index (κ2) is 9.37. The smallest absolute Gasteiger partial charge is 0.270 e. The van der Waals surface area contributed by atoms with Crippen LogP contribution in [0.2, 0.25) is 0 Å². The molecule has 4 aromatic rings. The monoisotopic (exact) mass is 516 g/mol. The summed E-state index contributed by atoms with van der Waals surface area (Å²) in [5.41, 5.74) is 2.05. The maximum absolute atomic E-state index is 12.3. The molecule has 0 unspecified atom stereocenters. The Labute approximate surface area is 192 Å². The third kappa shape index (κ3) is 5.34. The molecule has 0 aliphatic carbocycles. The molecule has 2 N–H and O–H groups in total. The lowest BCUT2D eigenvalue weighted by Crippen LogP contribution is -2.13. The molecule has 2 aromatic carbocycles. The lowest BCUT2D eigenvalue weighted by Gasteiger charge is -2.00. The van der Waals surface area contributed by atoms with E-state index < -0.39 is 4.92 Å². The van der Waals surface area contributed by atoms with Crippen LogP contribution in [0.3, 0.4) is 0 Å². The number of carbonyl (C=O) groups is 1. The molecule has 0 aliphatic heterocycles. The van der Waals surface area contributed by atoms with Gasteiger partial charge in [0, 0.05) is 33.1 Å². The molecule has 31 heavy (non-hydrogen) atoms. The fraction of sp³-hybridized carbons (Fsp3) is 0.0526. The zero-order valence-electron chi connectivity index (χ0n) is 15.6. The van der Waals surface area contributed by atoms with Crippen molar-refractivity contribution in [2.24, 2.45) is 0 Å². The molecule has 2 aromatic heterocycles. The molecule has 0 saturated heterocycles. The van der Waals surface area contributed by atoms with Crippen LogP contribution in [0.4, 0.5) is 10.8 Å². The standard InChI is InChI=1S/C19H13BrN6O3S2/c20-13-6-4-11(5-7-13)17-23-19(25-24-17)31-10-16(27)22-18-21-15(9-30-18)12-2-1-3-14(8-12)26(28)29/h1-9H,10H2,(H,21,22,27)(H,23,24,25). The lowest BCUT2D eigenvalue weighted by molar-refractivity contribution is -0.384. The predicted octanol–water partition coefficient (Wildman–Crippen LogP) is 5.00. The van der Waals surface area contributed by atoms with E-state index in [1.54, 1.807) is 17.5 Å². The molecule has 0 spiro atoms. The second-order valence-electron chi connectivity index (χ2n) is 6.16. The van der Waals surface area contributed by atoms with Crippen LogP contribution in [0.25, 0.3) is 22.6 Å². The van der Waals surface area contributed by atoms with Gasteiger partial charge < -0.3 is 5.32 Å². The SMILES string of the molecule is O=C(CSc1n[nH]c(-c2ccc(Br)cc2)n1)Nc1nc(-c2cccc([N+](=O)[O-])c2)cs1. The van der Waals surface area contributed by atoms with Crippen molar-refractivity contribution in [1.29, 1.82) is 0 Å². The van der Waals surface area contributed by atoms with Gasteiger partial charge in [-0.1, -0.05) is 52.0 Å². The Morgan fingerprint density at radius 1 is 1.19 bits per heavy atom. The van der Waals surface area contributed by atoms with E-state index in [-0.39, 0.29) is 17.3 Å². The highest BCUT2D eigenvalue weighted by Gasteiger charge is 2.13. The Morgan fingerprint density at radius 3 is 2.77 bits per heavy atom. The second-order valence-corrected chi connectivity index (χ2v) is 8.87. The van der Waals surface area contributed by atoms with Crippen molar-refractivity contribution in [3.8, 4) is 22.6 Å². The minimum absolute atomic E-state index is 0.0125. The minimum atomic E-state index is -0.457. The van der Waals surface area contributed by atoms with Gasteiger partial charge in [0.1, 0.15) is 0 Å². The van der Waals surface area contributed by atoms with Crippen molar-refractivity contribution in [2.75, 3.05) is 11.1 Å². The van der Waals surface area contributed by atoms with Crippen LogP contribution in [0, 0.1) is 10.1 Å². The zero-order chi connectivity index (χ0) is 21.8. The first-order valence-corrected chi connectivity index (χ1v) is 11.4. The first-order chi connectivity index (χ1) is 15.0. The van der Waals surface area contributed by atoms with E-state index >= 15 is 0 Å². The summed E-state index contributed by atoms with van der Waals surface area (Å²) in [7, 11) is 0. The van der Waals surface area contributed by atoms with Gasteiger partial charge in [-0.25, -0.2) is 9.97 Å². The van der Waals surface area contributed by atoms with E-state index in [9.17, 15) is 14.9 Å². The maximum atomic E-state index is 12.3. The number of nitrogens with one attached hydrogen (secondary N) is 2. The van der Waals surface area contributed by atoms with Crippen molar-refractivity contribution in [3.05, 3.63) is 68.5 Å². The van der Waals surface area contributed by atoms with Gasteiger partial charge in [-0.05, 0) is 12.1 Å². The normalized spacial score (nSPS) is 10.7. The summed E-state index contributed by atoms with van der Waals surface area (Å²) in [4.78, 5) is 31.5. The molecule has 9 nitrogen and oxygen atoms in total. The fourth-order valence-corrected chi connectivity index (χ4v) is 4.17. The van der Waals surface area contributed by atoms with Gasteiger partial charge in [0.15, 0.2) is 11.0 Å². The van der Waals surface area contributed by atoms with Crippen LogP contribution in [-0.4, -0.2) is 36.7 Å². The first kappa shape index (κ1) is 21.2. The van der Waals surface area contributed by atoms with Crippen molar-refractivity contribution in [2.45, 2.75) is 5.16 Å². The number of aromatic amines is 1. The third-order valence-corrected chi connectivity index (χ3v) is 6.15. The Bertz CT molecular complexity index is 1240. The number of H-pyrrole nitrogens is 1. The summed E-state index contributed by atoms with van der Waals surface area (Å²) in [5.74, 6) is 0.487. The number of hydrogen-bond donors (Lipinski definition) is 2. The lowest BCUT2D eigenvalue weighted by atomic mass is 10.1. The quantitative estimate of drug-likeness (QED) is 0.201. The highest BCUT2D eigenvalue weighted by atomic mass is 79.9. The summed E-state index contributed by atoms with van der Waals surface area (Å²) < 4.78 is 0.970. The number of nitro groups is 1. The number of halogens is 1. The maximum Gasteiger partial charge on any atom is 0.270 e. The minimum Gasteiger partial charge on any atom is -0.301 e. The number of thiazole rings is 1. The van der Waals surface area contributed by atoms with Crippen molar-refractivity contribution in [1.82, 2.24) is 20.2 Å². The van der Waals surface area contributed by atoms with Gasteiger partial charge in [-0.2, -0.15) is 0 Å². The molecule has 0 radical (unpaired) electrons. The van der Waals surface area contributed by atoms with Crippen LogP contribution >= 0.6 is 39.0 Å². The van der Waals surface area contributed by atoms with Crippen LogP contribution in [-0.2, 0) is 4.79 Å². The van der Waals surface area contributed by atoms with E-state index in [1.807, 2.05) is 24.3 Å². The van der Waals surface area contributed by atoms with Crippen molar-refractivity contribution in [3.63, 3.8) is 0 Å². The molecule has 4 rings (SSSR count). The summed E-state index contributed by atoms with van der Waals surface area (Å²) in [6.45, 7) is 0. The predicted molar refractivity (Wildman–Crippen MR) is 123 cm³/mol. The van der Waals surface area contributed by atoms with Gasteiger partial charge in [-0.15, -0.1) is 16.4 Å². The number of carbonyl (C=O) groups excluding carboxylic acids is 1. The average molecular weight is 517 g/mol. The summed E-state index contributed by atoms with van der Waals surface area (Å²) in [5, 5.41) is 23.3. The summed E-state index contributed by atoms with van der Waals surface area (Å²) in [6, 6.07) is 13.8. The van der Waals surface area contributed by atoms with E-state index in [0.717, 1.165) is 10.0 Å². The molecular formula is C19H13BrN6O3S2. The number of aromatic nitrogens is 4. The molecule has 0 atom stereocenters. The first-order valence-electron chi connectivity index (χ1n) is 8.79. The molecule has 156 valence electrons. The summed E-state index contributed by atoms with van der Waals surface area (Å²) in [6.07, 6.45) is 0. The number of nitrogens with zero attached hydrogens (tertiary/aromatic N) is 4. The molecule has 0 aliphatic rings. The molecular weight excluding hydrogens is 504 g/mol. The Hall–Kier alpha value is -3.09. The van der Waals surface area contributed by atoms with Crippen molar-refractivity contribution < 1.29 is 9.72 Å². The fourth-order valence-electron chi connectivity index (χ4n) is 2.58. The van der Waals surface area contributed by atoms with Gasteiger partial charge in [0.25, 0.3) is 5.69 Å². The molecule has 0 bridgehead atoms. The summed E-state index contributed by atoms with van der Waals surface area (Å²) >= 11 is 5.84. The number of benzene rings is 2. The molecule has 0 saturated carbocycles. The largest absolute Gasteiger partial charge is 0.301 e. The van der Waals surface area contributed by atoms with Crippen LogP contribution < -0.4 is 5.32 Å². The Morgan fingerprint density at radius 2 is 2.00 bits per heavy atom. The van der Waals surface area contributed by atoms with Gasteiger partial charge in [0.05, 0.1) is 16.4 Å². The van der Waals surface area contributed by atoms with Crippen LogP contribution in [0.1, 0.15) is 0 Å².